The van der Waals surface area contributed by atoms with Gasteiger partial charge >= 0.3 is 11.6 Å². The predicted molar refractivity (Wildman–Crippen MR) is 117 cm³/mol. The van der Waals surface area contributed by atoms with Crippen LogP contribution in [0.2, 0.25) is 0 Å². The minimum atomic E-state index is -3.65. The van der Waals surface area contributed by atoms with E-state index in [4.69, 9.17) is 9.15 Å². The fourth-order valence-corrected chi connectivity index (χ4v) is 5.15. The van der Waals surface area contributed by atoms with E-state index in [1.807, 2.05) is 0 Å². The van der Waals surface area contributed by atoms with Gasteiger partial charge in [-0.1, -0.05) is 12.5 Å². The molecule has 1 fully saturated rings. The summed E-state index contributed by atoms with van der Waals surface area (Å²) in [6, 6.07) is 5.72. The first kappa shape index (κ1) is 23.7. The zero-order chi connectivity index (χ0) is 23.5. The molecule has 0 spiro atoms. The number of nitrogens with one attached hydrogen (secondary N) is 1. The first-order chi connectivity index (χ1) is 15.1. The third-order valence-corrected chi connectivity index (χ3v) is 7.20. The van der Waals surface area contributed by atoms with Gasteiger partial charge in [0.25, 0.3) is 5.91 Å². The van der Waals surface area contributed by atoms with Gasteiger partial charge in [0.15, 0.2) is 6.61 Å². The fraction of sp³-hybridized carbons (Fsp3) is 0.409. The molecule has 1 aliphatic heterocycles. The fourth-order valence-electron chi connectivity index (χ4n) is 3.60. The maximum absolute atomic E-state index is 12.9. The number of esters is 1. The van der Waals surface area contributed by atoms with Crippen molar-refractivity contribution in [1.29, 1.82) is 0 Å². The van der Waals surface area contributed by atoms with Crippen LogP contribution in [0.3, 0.4) is 0 Å². The van der Waals surface area contributed by atoms with Gasteiger partial charge in [0.05, 0.1) is 4.90 Å². The molecule has 2 aromatic rings. The Morgan fingerprint density at radius 3 is 2.41 bits per heavy atom. The summed E-state index contributed by atoms with van der Waals surface area (Å²) in [4.78, 5) is 36.2. The van der Waals surface area contributed by atoms with E-state index in [-0.39, 0.29) is 16.2 Å². The third kappa shape index (κ3) is 5.25. The number of ether oxygens (including phenoxy) is 1. The number of sulfonamides is 1. The maximum Gasteiger partial charge on any atom is 0.342 e. The summed E-state index contributed by atoms with van der Waals surface area (Å²) in [6.07, 6.45) is 2.65. The molecule has 32 heavy (non-hydrogen) atoms. The van der Waals surface area contributed by atoms with Crippen LogP contribution in [0.4, 0.5) is 5.69 Å². The lowest BCUT2D eigenvalue weighted by molar-refractivity contribution is -0.119. The van der Waals surface area contributed by atoms with Gasteiger partial charge in [0.2, 0.25) is 10.0 Å². The van der Waals surface area contributed by atoms with E-state index in [1.165, 1.54) is 29.4 Å². The van der Waals surface area contributed by atoms with Crippen molar-refractivity contribution in [2.45, 2.75) is 44.9 Å². The Balaban J connectivity index is 1.69. The number of carbonyl (C=O) groups excluding carboxylic acids is 2. The minimum absolute atomic E-state index is 0.0863. The molecule has 0 bridgehead atoms. The number of nitrogens with zero attached hydrogens (tertiary/aromatic N) is 1. The van der Waals surface area contributed by atoms with Gasteiger partial charge in [-0.25, -0.2) is 18.0 Å². The Kier molecular flexibility index (Phi) is 7.15. The molecular weight excluding hydrogens is 436 g/mol. The van der Waals surface area contributed by atoms with Gasteiger partial charge in [-0.05, 0) is 56.9 Å². The highest BCUT2D eigenvalue weighted by atomic mass is 32.2. The molecule has 1 saturated heterocycles. The molecule has 1 aromatic heterocycles. The summed E-state index contributed by atoms with van der Waals surface area (Å²) in [5.41, 5.74) is 0.879. The average Bonchev–Trinajstić information content (AvgIpc) is 2.73. The minimum Gasteiger partial charge on any atom is -0.452 e. The van der Waals surface area contributed by atoms with E-state index in [9.17, 15) is 22.8 Å². The highest BCUT2D eigenvalue weighted by Crippen LogP contribution is 2.25. The van der Waals surface area contributed by atoms with Crippen LogP contribution in [-0.4, -0.2) is 44.3 Å². The van der Waals surface area contributed by atoms with E-state index in [0.717, 1.165) is 19.3 Å². The topological polar surface area (TPSA) is 123 Å². The molecule has 0 radical (unpaired) electrons. The molecular formula is C22H26N2O7S. The van der Waals surface area contributed by atoms with Gasteiger partial charge in [0, 0.05) is 24.8 Å². The summed E-state index contributed by atoms with van der Waals surface area (Å²) >= 11 is 0. The summed E-state index contributed by atoms with van der Waals surface area (Å²) in [5, 5.41) is 2.60. The second kappa shape index (κ2) is 9.66. The van der Waals surface area contributed by atoms with Crippen LogP contribution in [-0.2, 0) is 19.6 Å². The molecule has 1 amide bonds. The molecule has 0 unspecified atom stereocenters. The van der Waals surface area contributed by atoms with Crippen molar-refractivity contribution in [3.05, 3.63) is 57.1 Å². The van der Waals surface area contributed by atoms with Crippen LogP contribution in [0.15, 0.2) is 38.4 Å². The van der Waals surface area contributed by atoms with E-state index in [1.54, 1.807) is 19.9 Å². The van der Waals surface area contributed by atoms with Crippen molar-refractivity contribution < 1.29 is 27.2 Å². The predicted octanol–water partition coefficient (Wildman–Crippen LogP) is 2.54. The lowest BCUT2D eigenvalue weighted by Crippen LogP contribution is -2.35. The number of carbonyl (C=O) groups is 2. The highest BCUT2D eigenvalue weighted by Gasteiger charge is 2.26. The SMILES string of the molecule is Cc1ccc(S(=O)(=O)N2CCCCC2)cc1NC(=O)COC(=O)c1c(C)cc(=O)oc1C. The number of benzene rings is 1. The average molecular weight is 463 g/mol. The van der Waals surface area contributed by atoms with Gasteiger partial charge in [-0.2, -0.15) is 4.31 Å². The van der Waals surface area contributed by atoms with E-state index < -0.39 is 34.1 Å². The van der Waals surface area contributed by atoms with Crippen LogP contribution < -0.4 is 10.9 Å². The third-order valence-electron chi connectivity index (χ3n) is 5.31. The molecule has 0 saturated carbocycles. The molecule has 172 valence electrons. The number of piperidine rings is 1. The van der Waals surface area contributed by atoms with Crippen LogP contribution >= 0.6 is 0 Å². The standard InChI is InChI=1S/C22H26N2O7S/c1-14-7-8-17(32(28,29)24-9-5-4-6-10-24)12-18(14)23-19(25)13-30-22(27)21-15(2)11-20(26)31-16(21)3/h7-8,11-12H,4-6,9-10,13H2,1-3H3,(H,23,25). The second-order valence-electron chi connectivity index (χ2n) is 7.75. The Morgan fingerprint density at radius 2 is 1.75 bits per heavy atom. The first-order valence-electron chi connectivity index (χ1n) is 10.3. The quantitative estimate of drug-likeness (QED) is 0.655. The smallest absolute Gasteiger partial charge is 0.342 e. The van der Waals surface area contributed by atoms with Crippen LogP contribution in [0.1, 0.15) is 46.5 Å². The Hall–Kier alpha value is -2.98. The number of anilines is 1. The summed E-state index contributed by atoms with van der Waals surface area (Å²) in [5.74, 6) is -1.31. The molecule has 9 nitrogen and oxygen atoms in total. The van der Waals surface area contributed by atoms with Gasteiger partial charge in [-0.15, -0.1) is 0 Å². The molecule has 2 heterocycles. The Bertz CT molecular complexity index is 1170. The second-order valence-corrected chi connectivity index (χ2v) is 9.68. The summed E-state index contributed by atoms with van der Waals surface area (Å²) < 4.78 is 37.2. The van der Waals surface area contributed by atoms with Crippen molar-refractivity contribution in [2.24, 2.45) is 0 Å². The van der Waals surface area contributed by atoms with Crippen LogP contribution in [0.25, 0.3) is 0 Å². The van der Waals surface area contributed by atoms with Crippen molar-refractivity contribution in [2.75, 3.05) is 25.0 Å². The molecule has 0 aliphatic carbocycles. The number of hydrogen-bond donors (Lipinski definition) is 1. The lowest BCUT2D eigenvalue weighted by atomic mass is 10.1. The summed E-state index contributed by atoms with van der Waals surface area (Å²) in [6.45, 7) is 5.14. The van der Waals surface area contributed by atoms with Crippen molar-refractivity contribution >= 4 is 27.6 Å². The monoisotopic (exact) mass is 462 g/mol. The zero-order valence-corrected chi connectivity index (χ0v) is 19.1. The summed E-state index contributed by atoms with van der Waals surface area (Å²) in [7, 11) is -3.65. The molecule has 0 atom stereocenters. The highest BCUT2D eigenvalue weighted by molar-refractivity contribution is 7.89. The van der Waals surface area contributed by atoms with Crippen molar-refractivity contribution in [3.63, 3.8) is 0 Å². The van der Waals surface area contributed by atoms with E-state index in [0.29, 0.717) is 29.9 Å². The Morgan fingerprint density at radius 1 is 1.06 bits per heavy atom. The zero-order valence-electron chi connectivity index (χ0n) is 18.3. The van der Waals surface area contributed by atoms with Crippen molar-refractivity contribution in [3.8, 4) is 0 Å². The number of amides is 1. The molecule has 1 N–H and O–H groups in total. The van der Waals surface area contributed by atoms with Crippen LogP contribution in [0.5, 0.6) is 0 Å². The van der Waals surface area contributed by atoms with Gasteiger partial charge in [0.1, 0.15) is 11.3 Å². The van der Waals surface area contributed by atoms with Gasteiger partial charge in [-0.3, -0.25) is 4.79 Å². The number of rotatable bonds is 6. The van der Waals surface area contributed by atoms with Crippen molar-refractivity contribution in [1.82, 2.24) is 4.31 Å². The largest absolute Gasteiger partial charge is 0.452 e. The van der Waals surface area contributed by atoms with Gasteiger partial charge < -0.3 is 14.5 Å². The van der Waals surface area contributed by atoms with E-state index in [2.05, 4.69) is 5.32 Å². The number of aryl methyl sites for hydroxylation is 3. The molecule has 10 heteroatoms. The van der Waals surface area contributed by atoms with Crippen LogP contribution in [0, 0.1) is 20.8 Å². The maximum atomic E-state index is 12.9. The van der Waals surface area contributed by atoms with E-state index >= 15 is 0 Å². The number of hydrogen-bond acceptors (Lipinski definition) is 7. The molecule has 1 aliphatic rings. The molecule has 3 rings (SSSR count). The Labute approximate surface area is 186 Å². The normalized spacial score (nSPS) is 14.7. The first-order valence-corrected chi connectivity index (χ1v) is 11.7. The molecule has 1 aromatic carbocycles. The lowest BCUT2D eigenvalue weighted by Gasteiger charge is -2.26.